The van der Waals surface area contributed by atoms with Crippen molar-refractivity contribution in [2.24, 2.45) is 0 Å². The van der Waals surface area contributed by atoms with Crippen LogP contribution in [0.1, 0.15) is 20.8 Å². The number of carbonyl (C=O) groups is 1. The van der Waals surface area contributed by atoms with Crippen LogP contribution in [-0.4, -0.2) is 24.7 Å². The van der Waals surface area contributed by atoms with Gasteiger partial charge in [0.05, 0.1) is 6.07 Å². The van der Waals surface area contributed by atoms with Gasteiger partial charge in [-0.15, -0.1) is 0 Å². The standard InChI is InChI=1S/C10H15NO4/c1-5-10(12)15-9(4)14-8(3)13-7(2)6-11/h5,7-9H,1H2,2-4H3. The molecule has 0 spiro atoms. The van der Waals surface area contributed by atoms with Gasteiger partial charge in [0.25, 0.3) is 0 Å². The molecule has 5 heteroatoms. The maximum atomic E-state index is 10.8. The molecule has 0 aromatic heterocycles. The van der Waals surface area contributed by atoms with Crippen LogP contribution in [-0.2, 0) is 19.0 Å². The van der Waals surface area contributed by atoms with Crippen molar-refractivity contribution in [3.05, 3.63) is 12.7 Å². The Morgan fingerprint density at radius 1 is 1.33 bits per heavy atom. The minimum Gasteiger partial charge on any atom is -0.433 e. The van der Waals surface area contributed by atoms with Crippen LogP contribution >= 0.6 is 0 Å². The van der Waals surface area contributed by atoms with E-state index in [0.717, 1.165) is 6.08 Å². The first kappa shape index (κ1) is 13.6. The van der Waals surface area contributed by atoms with Crippen LogP contribution in [0, 0.1) is 11.3 Å². The van der Waals surface area contributed by atoms with Crippen LogP contribution in [0.5, 0.6) is 0 Å². The maximum absolute atomic E-state index is 10.8. The van der Waals surface area contributed by atoms with Gasteiger partial charge >= 0.3 is 5.97 Å². The summed E-state index contributed by atoms with van der Waals surface area (Å²) in [6.45, 7) is 8.02. The molecular weight excluding hydrogens is 198 g/mol. The van der Waals surface area contributed by atoms with Crippen LogP contribution in [0.2, 0.25) is 0 Å². The van der Waals surface area contributed by atoms with E-state index in [-0.39, 0.29) is 0 Å². The molecule has 5 nitrogen and oxygen atoms in total. The summed E-state index contributed by atoms with van der Waals surface area (Å²) in [6.07, 6.45) is -0.880. The number of rotatable bonds is 6. The van der Waals surface area contributed by atoms with Gasteiger partial charge in [0.2, 0.25) is 6.29 Å². The number of hydrogen-bond acceptors (Lipinski definition) is 5. The van der Waals surface area contributed by atoms with Crippen LogP contribution in [0.15, 0.2) is 12.7 Å². The second kappa shape index (κ2) is 6.98. The van der Waals surface area contributed by atoms with Gasteiger partial charge in [-0.2, -0.15) is 5.26 Å². The average Bonchev–Trinajstić information content (AvgIpc) is 2.16. The van der Waals surface area contributed by atoms with E-state index >= 15 is 0 Å². The van der Waals surface area contributed by atoms with E-state index in [1.807, 2.05) is 6.07 Å². The van der Waals surface area contributed by atoms with Crippen molar-refractivity contribution in [2.45, 2.75) is 39.5 Å². The molecule has 0 aliphatic rings. The molecular formula is C10H15NO4. The van der Waals surface area contributed by atoms with Gasteiger partial charge in [0.15, 0.2) is 6.29 Å². The second-order valence-corrected chi connectivity index (χ2v) is 2.82. The van der Waals surface area contributed by atoms with Gasteiger partial charge in [-0.25, -0.2) is 4.79 Å². The van der Waals surface area contributed by atoms with E-state index in [1.54, 1.807) is 20.8 Å². The molecule has 0 aliphatic heterocycles. The molecule has 0 fully saturated rings. The van der Waals surface area contributed by atoms with E-state index in [1.165, 1.54) is 0 Å². The smallest absolute Gasteiger partial charge is 0.332 e. The highest BCUT2D eigenvalue weighted by Gasteiger charge is 2.13. The zero-order valence-electron chi connectivity index (χ0n) is 9.10. The lowest BCUT2D eigenvalue weighted by molar-refractivity contribution is -0.231. The molecule has 15 heavy (non-hydrogen) atoms. The quantitative estimate of drug-likeness (QED) is 0.378. The molecule has 3 unspecified atom stereocenters. The Morgan fingerprint density at radius 3 is 2.40 bits per heavy atom. The van der Waals surface area contributed by atoms with E-state index in [0.29, 0.717) is 0 Å². The van der Waals surface area contributed by atoms with E-state index in [4.69, 9.17) is 19.5 Å². The number of carbonyl (C=O) groups excluding carboxylic acids is 1. The van der Waals surface area contributed by atoms with Crippen molar-refractivity contribution in [3.8, 4) is 6.07 Å². The van der Waals surface area contributed by atoms with Crippen LogP contribution in [0.4, 0.5) is 0 Å². The predicted molar refractivity (Wildman–Crippen MR) is 52.5 cm³/mol. The lowest BCUT2D eigenvalue weighted by Gasteiger charge is -2.19. The Hall–Kier alpha value is -1.38. The fourth-order valence-corrected chi connectivity index (χ4v) is 0.859. The van der Waals surface area contributed by atoms with Gasteiger partial charge in [-0.05, 0) is 20.8 Å². The predicted octanol–water partition coefficient (Wildman–Crippen LogP) is 1.35. The summed E-state index contributed by atoms with van der Waals surface area (Å²) in [5.74, 6) is -0.567. The lowest BCUT2D eigenvalue weighted by atomic mass is 10.4. The van der Waals surface area contributed by atoms with Crippen molar-refractivity contribution in [3.63, 3.8) is 0 Å². The number of esters is 1. The summed E-state index contributed by atoms with van der Waals surface area (Å²) in [7, 11) is 0. The Bertz CT molecular complexity index is 259. The largest absolute Gasteiger partial charge is 0.433 e. The SMILES string of the molecule is C=CC(=O)OC(C)OC(C)OC(C)C#N. The normalized spacial score (nSPS) is 15.9. The van der Waals surface area contributed by atoms with E-state index < -0.39 is 24.7 Å². The maximum Gasteiger partial charge on any atom is 0.332 e. The van der Waals surface area contributed by atoms with Crippen molar-refractivity contribution < 1.29 is 19.0 Å². The minimum atomic E-state index is -0.739. The Kier molecular flexibility index (Phi) is 6.34. The topological polar surface area (TPSA) is 68.6 Å². The first-order chi connectivity index (χ1) is 6.99. The molecule has 3 atom stereocenters. The van der Waals surface area contributed by atoms with Crippen molar-refractivity contribution >= 4 is 5.97 Å². The summed E-state index contributed by atoms with van der Waals surface area (Å²) < 4.78 is 15.0. The second-order valence-electron chi connectivity index (χ2n) is 2.82. The fourth-order valence-electron chi connectivity index (χ4n) is 0.859. The third-order valence-electron chi connectivity index (χ3n) is 1.41. The summed E-state index contributed by atoms with van der Waals surface area (Å²) in [4.78, 5) is 10.8. The third kappa shape index (κ3) is 6.66. The molecule has 0 heterocycles. The highest BCUT2D eigenvalue weighted by molar-refractivity contribution is 5.81. The number of ether oxygens (including phenoxy) is 3. The Morgan fingerprint density at radius 2 is 1.93 bits per heavy atom. The third-order valence-corrected chi connectivity index (χ3v) is 1.41. The molecule has 0 radical (unpaired) electrons. The number of nitrogens with zero attached hydrogens (tertiary/aromatic N) is 1. The zero-order chi connectivity index (χ0) is 11.8. The van der Waals surface area contributed by atoms with Gasteiger partial charge in [-0.3, -0.25) is 0 Å². The average molecular weight is 213 g/mol. The van der Waals surface area contributed by atoms with Crippen molar-refractivity contribution in [2.75, 3.05) is 0 Å². The molecule has 0 bridgehead atoms. The molecule has 0 N–H and O–H groups in total. The Labute approximate surface area is 89.2 Å². The summed E-state index contributed by atoms with van der Waals surface area (Å²) in [5.41, 5.74) is 0. The van der Waals surface area contributed by atoms with E-state index in [9.17, 15) is 4.79 Å². The number of nitriles is 1. The summed E-state index contributed by atoms with van der Waals surface area (Å²) in [5, 5.41) is 8.47. The molecule has 0 aliphatic carbocycles. The van der Waals surface area contributed by atoms with Gasteiger partial charge < -0.3 is 14.2 Å². The highest BCUT2D eigenvalue weighted by atomic mass is 16.8. The highest BCUT2D eigenvalue weighted by Crippen LogP contribution is 2.04. The Balaban J connectivity index is 3.86. The molecule has 0 aromatic rings. The van der Waals surface area contributed by atoms with Gasteiger partial charge in [-0.1, -0.05) is 6.58 Å². The van der Waals surface area contributed by atoms with Crippen LogP contribution < -0.4 is 0 Å². The van der Waals surface area contributed by atoms with Crippen LogP contribution in [0.25, 0.3) is 0 Å². The molecule has 0 saturated carbocycles. The van der Waals surface area contributed by atoms with Crippen molar-refractivity contribution in [1.82, 2.24) is 0 Å². The van der Waals surface area contributed by atoms with Gasteiger partial charge in [0.1, 0.15) is 6.10 Å². The molecule has 84 valence electrons. The number of hydrogen-bond donors (Lipinski definition) is 0. The summed E-state index contributed by atoms with van der Waals surface area (Å²) in [6, 6.07) is 1.89. The first-order valence-corrected chi connectivity index (χ1v) is 4.53. The first-order valence-electron chi connectivity index (χ1n) is 4.53. The molecule has 0 rings (SSSR count). The van der Waals surface area contributed by atoms with Gasteiger partial charge in [0, 0.05) is 6.08 Å². The van der Waals surface area contributed by atoms with Crippen LogP contribution in [0.3, 0.4) is 0 Å². The zero-order valence-corrected chi connectivity index (χ0v) is 9.10. The molecule has 0 aromatic carbocycles. The lowest BCUT2D eigenvalue weighted by Crippen LogP contribution is -2.26. The van der Waals surface area contributed by atoms with E-state index in [2.05, 4.69) is 6.58 Å². The van der Waals surface area contributed by atoms with Crippen molar-refractivity contribution in [1.29, 1.82) is 5.26 Å². The minimum absolute atomic E-state index is 0.567. The molecule has 0 amide bonds. The molecule has 0 saturated heterocycles. The fraction of sp³-hybridized carbons (Fsp3) is 0.600. The summed E-state index contributed by atoms with van der Waals surface area (Å²) >= 11 is 0. The monoisotopic (exact) mass is 213 g/mol.